The fraction of sp³-hybridized carbons (Fsp3) is 1.00. The van der Waals surface area contributed by atoms with E-state index in [1.165, 1.54) is 7.11 Å². The lowest BCUT2D eigenvalue weighted by Gasteiger charge is -2.24. The maximum absolute atomic E-state index is 10.3. The molecule has 1 saturated carbocycles. The van der Waals surface area contributed by atoms with Crippen LogP contribution in [0.2, 0.25) is 0 Å². The number of hydrogen-bond acceptors (Lipinski definition) is 4. The van der Waals surface area contributed by atoms with Crippen LogP contribution >= 0.6 is 11.6 Å². The van der Waals surface area contributed by atoms with Crippen LogP contribution in [0.1, 0.15) is 13.8 Å². The van der Waals surface area contributed by atoms with Crippen LogP contribution in [0.4, 0.5) is 0 Å². The van der Waals surface area contributed by atoms with Gasteiger partial charge in [-0.05, 0) is 0 Å². The van der Waals surface area contributed by atoms with Crippen molar-refractivity contribution in [1.82, 2.24) is 0 Å². The van der Waals surface area contributed by atoms with Crippen molar-refractivity contribution in [1.29, 1.82) is 0 Å². The second-order valence-electron chi connectivity index (χ2n) is 4.50. The quantitative estimate of drug-likeness (QED) is 0.651. The molecule has 2 N–H and O–H groups in total. The molecule has 0 aromatic heterocycles. The molecule has 2 fully saturated rings. The summed E-state index contributed by atoms with van der Waals surface area (Å²) < 4.78 is 10.3. The van der Waals surface area contributed by atoms with E-state index in [-0.39, 0.29) is 5.88 Å². The lowest BCUT2D eigenvalue weighted by Crippen LogP contribution is -2.35. The highest BCUT2D eigenvalue weighted by molar-refractivity contribution is 6.18. The molecule has 14 heavy (non-hydrogen) atoms. The van der Waals surface area contributed by atoms with Crippen molar-refractivity contribution in [2.24, 2.45) is 5.41 Å². The first-order valence-electron chi connectivity index (χ1n) is 4.57. The predicted molar refractivity (Wildman–Crippen MR) is 50.1 cm³/mol. The SMILES string of the molecule is COC1O[C@@H](CCl)[C@@]2(O)C(C)(C)[C@@]12O. The molecule has 4 nitrogen and oxygen atoms in total. The van der Waals surface area contributed by atoms with Crippen molar-refractivity contribution in [3.63, 3.8) is 0 Å². The number of aliphatic hydroxyl groups is 2. The van der Waals surface area contributed by atoms with Gasteiger partial charge in [0.05, 0.1) is 5.88 Å². The third-order valence-corrected chi connectivity index (χ3v) is 4.15. The molecule has 0 aromatic rings. The minimum atomic E-state index is -1.34. The molecule has 5 heteroatoms. The third-order valence-electron chi connectivity index (χ3n) is 3.87. The van der Waals surface area contributed by atoms with E-state index in [0.29, 0.717) is 0 Å². The number of alkyl halides is 1. The van der Waals surface area contributed by atoms with Gasteiger partial charge in [0, 0.05) is 12.5 Å². The van der Waals surface area contributed by atoms with Crippen molar-refractivity contribution < 1.29 is 19.7 Å². The van der Waals surface area contributed by atoms with Gasteiger partial charge < -0.3 is 19.7 Å². The van der Waals surface area contributed by atoms with Crippen LogP contribution in [0.3, 0.4) is 0 Å². The Hall–Kier alpha value is 0.130. The Kier molecular flexibility index (Phi) is 2.00. The Morgan fingerprint density at radius 2 is 1.93 bits per heavy atom. The molecular weight excluding hydrogens is 208 g/mol. The van der Waals surface area contributed by atoms with Gasteiger partial charge in [0.15, 0.2) is 11.9 Å². The summed E-state index contributed by atoms with van der Waals surface area (Å²) in [4.78, 5) is 0. The van der Waals surface area contributed by atoms with Crippen molar-refractivity contribution in [3.05, 3.63) is 0 Å². The second-order valence-corrected chi connectivity index (χ2v) is 4.81. The Balaban J connectivity index is 2.37. The molecular formula is C9H15ClO4. The average molecular weight is 223 g/mol. The fourth-order valence-corrected chi connectivity index (χ4v) is 3.04. The number of ether oxygens (including phenoxy) is 2. The van der Waals surface area contributed by atoms with Crippen LogP contribution < -0.4 is 0 Å². The highest BCUT2D eigenvalue weighted by Crippen LogP contribution is 2.72. The van der Waals surface area contributed by atoms with Crippen LogP contribution in [0.25, 0.3) is 0 Å². The lowest BCUT2D eigenvalue weighted by atomic mass is 10.0. The van der Waals surface area contributed by atoms with Gasteiger partial charge in [-0.3, -0.25) is 0 Å². The summed E-state index contributed by atoms with van der Waals surface area (Å²) in [5, 5.41) is 20.5. The van der Waals surface area contributed by atoms with E-state index in [4.69, 9.17) is 21.1 Å². The van der Waals surface area contributed by atoms with Gasteiger partial charge in [0.1, 0.15) is 11.7 Å². The molecule has 0 radical (unpaired) electrons. The Bertz CT molecular complexity index is 246. The van der Waals surface area contributed by atoms with Crippen LogP contribution in [0, 0.1) is 5.41 Å². The number of fused-ring (bicyclic) bond motifs is 1. The molecule has 1 aliphatic heterocycles. The Morgan fingerprint density at radius 3 is 2.21 bits per heavy atom. The van der Waals surface area contributed by atoms with Crippen molar-refractivity contribution in [2.45, 2.75) is 37.4 Å². The van der Waals surface area contributed by atoms with Crippen molar-refractivity contribution in [3.8, 4) is 0 Å². The lowest BCUT2D eigenvalue weighted by molar-refractivity contribution is -0.191. The van der Waals surface area contributed by atoms with Gasteiger partial charge in [0.25, 0.3) is 0 Å². The van der Waals surface area contributed by atoms with Crippen molar-refractivity contribution >= 4 is 11.6 Å². The van der Waals surface area contributed by atoms with E-state index in [0.717, 1.165) is 0 Å². The van der Waals surface area contributed by atoms with Gasteiger partial charge in [-0.2, -0.15) is 0 Å². The summed E-state index contributed by atoms with van der Waals surface area (Å²) in [5.41, 5.74) is -3.27. The Labute approximate surface area is 87.8 Å². The third kappa shape index (κ3) is 0.738. The van der Waals surface area contributed by atoms with Gasteiger partial charge in [-0.1, -0.05) is 13.8 Å². The molecule has 1 aliphatic carbocycles. The zero-order chi connectivity index (χ0) is 10.8. The highest BCUT2D eigenvalue weighted by atomic mass is 35.5. The molecule has 2 rings (SSSR count). The minimum absolute atomic E-state index is 0.141. The van der Waals surface area contributed by atoms with Crippen LogP contribution in [0.5, 0.6) is 0 Å². The molecule has 0 amide bonds. The summed E-state index contributed by atoms with van der Waals surface area (Å²) in [5.74, 6) is 0.141. The molecule has 0 spiro atoms. The molecule has 1 unspecified atom stereocenters. The van der Waals surface area contributed by atoms with Gasteiger partial charge >= 0.3 is 0 Å². The maximum Gasteiger partial charge on any atom is 0.190 e. The number of halogens is 1. The summed E-state index contributed by atoms with van der Waals surface area (Å²) in [7, 11) is 1.44. The molecule has 2 aliphatic rings. The minimum Gasteiger partial charge on any atom is -0.383 e. The maximum atomic E-state index is 10.3. The van der Waals surface area contributed by atoms with Gasteiger partial charge in [-0.15, -0.1) is 11.6 Å². The van der Waals surface area contributed by atoms with E-state index in [9.17, 15) is 10.2 Å². The first kappa shape index (κ1) is 10.6. The fourth-order valence-electron chi connectivity index (χ4n) is 2.74. The van der Waals surface area contributed by atoms with Crippen LogP contribution in [-0.2, 0) is 9.47 Å². The molecule has 0 bridgehead atoms. The molecule has 0 aromatic carbocycles. The summed E-state index contributed by atoms with van der Waals surface area (Å²) in [6.07, 6.45) is -1.37. The summed E-state index contributed by atoms with van der Waals surface area (Å²) in [6, 6.07) is 0. The summed E-state index contributed by atoms with van der Waals surface area (Å²) >= 11 is 5.68. The van der Waals surface area contributed by atoms with Gasteiger partial charge in [-0.25, -0.2) is 0 Å². The standard InChI is InChI=1S/C9H15ClO4/c1-7(2)8(11)5(4-10)14-6(13-3)9(7,8)12/h5-6,11-12H,4H2,1-3H3/t5-,6?,8+,9-/m0/s1. The molecule has 4 atom stereocenters. The second kappa shape index (κ2) is 2.62. The largest absolute Gasteiger partial charge is 0.383 e. The number of rotatable bonds is 2. The molecule has 82 valence electrons. The Morgan fingerprint density at radius 1 is 1.36 bits per heavy atom. The van der Waals surface area contributed by atoms with E-state index in [1.807, 2.05) is 0 Å². The first-order valence-corrected chi connectivity index (χ1v) is 5.10. The smallest absolute Gasteiger partial charge is 0.190 e. The number of hydrogen-bond donors (Lipinski definition) is 2. The monoisotopic (exact) mass is 222 g/mol. The number of methoxy groups -OCH3 is 1. The molecule has 1 heterocycles. The zero-order valence-electron chi connectivity index (χ0n) is 8.45. The zero-order valence-corrected chi connectivity index (χ0v) is 9.21. The molecule has 1 saturated heterocycles. The average Bonchev–Trinajstić information content (AvgIpc) is 2.42. The van der Waals surface area contributed by atoms with Gasteiger partial charge in [0.2, 0.25) is 0 Å². The van der Waals surface area contributed by atoms with E-state index >= 15 is 0 Å². The topological polar surface area (TPSA) is 58.9 Å². The van der Waals surface area contributed by atoms with Crippen molar-refractivity contribution in [2.75, 3.05) is 13.0 Å². The van der Waals surface area contributed by atoms with E-state index in [1.54, 1.807) is 13.8 Å². The normalized spacial score (nSPS) is 54.4. The van der Waals surface area contributed by atoms with Crippen LogP contribution in [0.15, 0.2) is 0 Å². The van der Waals surface area contributed by atoms with Crippen LogP contribution in [-0.4, -0.2) is 46.8 Å². The summed E-state index contributed by atoms with van der Waals surface area (Å²) in [6.45, 7) is 3.56. The van der Waals surface area contributed by atoms with E-state index < -0.39 is 29.0 Å². The highest BCUT2D eigenvalue weighted by Gasteiger charge is 2.92. The van der Waals surface area contributed by atoms with E-state index in [2.05, 4.69) is 0 Å². The predicted octanol–water partition coefficient (Wildman–Crippen LogP) is 0.0985. The first-order chi connectivity index (χ1) is 6.37.